The highest BCUT2D eigenvalue weighted by atomic mass is 35.5. The number of nitrogens with one attached hydrogen (secondary N) is 1. The van der Waals surface area contributed by atoms with Crippen LogP contribution in [0.25, 0.3) is 0 Å². The molecule has 18 heavy (non-hydrogen) atoms. The van der Waals surface area contributed by atoms with Gasteiger partial charge in [0.05, 0.1) is 19.3 Å². The van der Waals surface area contributed by atoms with Crippen molar-refractivity contribution < 1.29 is 23.1 Å². The summed E-state index contributed by atoms with van der Waals surface area (Å²) >= 11 is 5.63. The third-order valence-electron chi connectivity index (χ3n) is 1.71. The van der Waals surface area contributed by atoms with Crippen molar-refractivity contribution in [2.45, 2.75) is 6.42 Å². The Bertz CT molecular complexity index is 548. The molecule has 10 heteroatoms. The lowest BCUT2D eigenvalue weighted by Crippen LogP contribution is -2.20. The average molecular weight is 296 g/mol. The Morgan fingerprint density at radius 1 is 1.56 bits per heavy atom. The van der Waals surface area contributed by atoms with Gasteiger partial charge in [-0.05, 0) is 0 Å². The van der Waals surface area contributed by atoms with E-state index in [1.165, 1.54) is 13.2 Å². The zero-order chi connectivity index (χ0) is 13.8. The molecule has 0 aliphatic heterocycles. The van der Waals surface area contributed by atoms with E-state index in [0.29, 0.717) is 0 Å². The molecule has 8 nitrogen and oxygen atoms in total. The monoisotopic (exact) mass is 295 g/mol. The topological polar surface area (TPSA) is 118 Å². The third kappa shape index (κ3) is 4.72. The molecule has 0 saturated heterocycles. The lowest BCUT2D eigenvalue weighted by atomic mass is 10.5. The second-order valence-electron chi connectivity index (χ2n) is 3.12. The van der Waals surface area contributed by atoms with Crippen LogP contribution in [0, 0.1) is 0 Å². The Morgan fingerprint density at radius 3 is 2.78 bits per heavy atom. The molecule has 0 aliphatic rings. The quantitative estimate of drug-likeness (QED) is 0.727. The average Bonchev–Trinajstić information content (AvgIpc) is 2.25. The number of nitrogens with zero attached hydrogens (tertiary/aromatic N) is 2. The number of hydrogen-bond donors (Lipinski definition) is 2. The first-order valence-corrected chi connectivity index (χ1v) is 6.66. The smallest absolute Gasteiger partial charge is 0.304 e. The van der Waals surface area contributed by atoms with Crippen molar-refractivity contribution in [1.29, 1.82) is 0 Å². The number of rotatable bonds is 6. The van der Waals surface area contributed by atoms with Crippen molar-refractivity contribution in [3.8, 4) is 5.88 Å². The molecule has 0 aromatic carbocycles. The first-order chi connectivity index (χ1) is 8.32. The van der Waals surface area contributed by atoms with Crippen LogP contribution in [0.2, 0.25) is 5.15 Å². The molecule has 100 valence electrons. The molecule has 0 amide bonds. The Balaban J connectivity index is 2.83. The minimum Gasteiger partial charge on any atom is -0.481 e. The van der Waals surface area contributed by atoms with Crippen LogP contribution in [0.4, 0.5) is 5.95 Å². The SMILES string of the molecule is COc1cc(Cl)nc(NS(=O)(=O)CCC(=O)O)n1. The van der Waals surface area contributed by atoms with Gasteiger partial charge in [0, 0.05) is 6.07 Å². The molecule has 1 heterocycles. The normalized spacial score (nSPS) is 11.0. The van der Waals surface area contributed by atoms with E-state index in [9.17, 15) is 13.2 Å². The van der Waals surface area contributed by atoms with Gasteiger partial charge >= 0.3 is 5.97 Å². The second kappa shape index (κ2) is 5.83. The van der Waals surface area contributed by atoms with Crippen LogP contribution in [0.15, 0.2) is 6.07 Å². The van der Waals surface area contributed by atoms with Crippen LogP contribution in [0.5, 0.6) is 5.88 Å². The maximum atomic E-state index is 11.5. The summed E-state index contributed by atoms with van der Waals surface area (Å²) in [4.78, 5) is 17.6. The summed E-state index contributed by atoms with van der Waals surface area (Å²) < 4.78 is 29.7. The van der Waals surface area contributed by atoms with Crippen molar-refractivity contribution in [2.24, 2.45) is 0 Å². The van der Waals surface area contributed by atoms with E-state index < -0.39 is 28.2 Å². The Morgan fingerprint density at radius 2 is 2.22 bits per heavy atom. The van der Waals surface area contributed by atoms with E-state index in [1.54, 1.807) is 0 Å². The molecule has 0 unspecified atom stereocenters. The number of sulfonamides is 1. The molecule has 0 saturated carbocycles. The number of halogens is 1. The fourth-order valence-electron chi connectivity index (χ4n) is 0.959. The Labute approximate surface area is 108 Å². The number of carboxylic acids is 1. The number of ether oxygens (including phenoxy) is 1. The van der Waals surface area contributed by atoms with E-state index in [0.717, 1.165) is 0 Å². The highest BCUT2D eigenvalue weighted by Gasteiger charge is 2.15. The molecule has 0 spiro atoms. The van der Waals surface area contributed by atoms with E-state index in [1.807, 2.05) is 4.72 Å². The fraction of sp³-hybridized carbons (Fsp3) is 0.375. The Hall–Kier alpha value is -1.61. The van der Waals surface area contributed by atoms with Crippen LogP contribution < -0.4 is 9.46 Å². The van der Waals surface area contributed by atoms with Crippen LogP contribution in [0.1, 0.15) is 6.42 Å². The molecular formula is C8H10ClN3O5S. The minimum absolute atomic E-state index is 0.00205. The predicted octanol–water partition coefficient (Wildman–Crippen LogP) is 0.355. The van der Waals surface area contributed by atoms with Crippen molar-refractivity contribution in [2.75, 3.05) is 17.6 Å². The summed E-state index contributed by atoms with van der Waals surface area (Å²) in [5.41, 5.74) is 0. The molecule has 0 atom stereocenters. The van der Waals surface area contributed by atoms with Crippen LogP contribution >= 0.6 is 11.6 Å². The number of aromatic nitrogens is 2. The summed E-state index contributed by atoms with van der Waals surface area (Å²) in [6.45, 7) is 0. The number of aliphatic carboxylic acids is 1. The zero-order valence-corrected chi connectivity index (χ0v) is 10.8. The largest absolute Gasteiger partial charge is 0.481 e. The summed E-state index contributed by atoms with van der Waals surface area (Å²) in [6, 6.07) is 1.30. The van der Waals surface area contributed by atoms with Gasteiger partial charge in [0.1, 0.15) is 5.15 Å². The van der Waals surface area contributed by atoms with Crippen molar-refractivity contribution >= 4 is 33.5 Å². The van der Waals surface area contributed by atoms with E-state index in [4.69, 9.17) is 21.4 Å². The number of carbonyl (C=O) groups is 1. The van der Waals surface area contributed by atoms with Crippen LogP contribution in [-0.2, 0) is 14.8 Å². The van der Waals surface area contributed by atoms with Gasteiger partial charge in [-0.15, -0.1) is 0 Å². The third-order valence-corrected chi connectivity index (χ3v) is 3.14. The molecule has 2 N–H and O–H groups in total. The lowest BCUT2D eigenvalue weighted by molar-refractivity contribution is -0.136. The molecule has 1 aromatic heterocycles. The molecule has 1 rings (SSSR count). The molecule has 0 bridgehead atoms. The van der Waals surface area contributed by atoms with Gasteiger partial charge in [-0.2, -0.15) is 4.98 Å². The number of carboxylic acid groups (broad SMARTS) is 1. The summed E-state index contributed by atoms with van der Waals surface area (Å²) in [5, 5.41) is 8.40. The summed E-state index contributed by atoms with van der Waals surface area (Å²) in [7, 11) is -2.51. The van der Waals surface area contributed by atoms with Gasteiger partial charge in [-0.3, -0.25) is 9.52 Å². The zero-order valence-electron chi connectivity index (χ0n) is 9.25. The second-order valence-corrected chi connectivity index (χ2v) is 5.35. The summed E-state index contributed by atoms with van der Waals surface area (Å²) in [5.74, 6) is -1.98. The highest BCUT2D eigenvalue weighted by Crippen LogP contribution is 2.16. The molecule has 0 radical (unpaired) electrons. The number of methoxy groups -OCH3 is 1. The van der Waals surface area contributed by atoms with Gasteiger partial charge in [0.2, 0.25) is 21.9 Å². The summed E-state index contributed by atoms with van der Waals surface area (Å²) in [6.07, 6.45) is -0.521. The van der Waals surface area contributed by atoms with Gasteiger partial charge in [0.15, 0.2) is 0 Å². The molecule has 1 aromatic rings. The highest BCUT2D eigenvalue weighted by molar-refractivity contribution is 7.92. The fourth-order valence-corrected chi connectivity index (χ4v) is 2.05. The lowest BCUT2D eigenvalue weighted by Gasteiger charge is -2.06. The van der Waals surface area contributed by atoms with Crippen molar-refractivity contribution in [3.63, 3.8) is 0 Å². The van der Waals surface area contributed by atoms with Crippen LogP contribution in [0.3, 0.4) is 0 Å². The van der Waals surface area contributed by atoms with E-state index >= 15 is 0 Å². The standard InChI is InChI=1S/C8H10ClN3O5S/c1-17-6-4-5(9)10-8(11-6)12-18(15,16)3-2-7(13)14/h4H,2-3H2,1H3,(H,13,14)(H,10,11,12). The maximum Gasteiger partial charge on any atom is 0.304 e. The Kier molecular flexibility index (Phi) is 4.68. The predicted molar refractivity (Wildman–Crippen MR) is 63.3 cm³/mol. The maximum absolute atomic E-state index is 11.5. The van der Waals surface area contributed by atoms with Gasteiger partial charge in [-0.25, -0.2) is 13.4 Å². The van der Waals surface area contributed by atoms with Gasteiger partial charge in [-0.1, -0.05) is 11.6 Å². The van der Waals surface area contributed by atoms with Crippen LogP contribution in [-0.4, -0.2) is 42.3 Å². The molecule has 0 aliphatic carbocycles. The van der Waals surface area contributed by atoms with E-state index in [-0.39, 0.29) is 17.0 Å². The first-order valence-electron chi connectivity index (χ1n) is 4.63. The van der Waals surface area contributed by atoms with Gasteiger partial charge < -0.3 is 9.84 Å². The number of hydrogen-bond acceptors (Lipinski definition) is 6. The van der Waals surface area contributed by atoms with Gasteiger partial charge in [0.25, 0.3) is 0 Å². The first kappa shape index (κ1) is 14.5. The number of anilines is 1. The minimum atomic E-state index is -3.84. The van der Waals surface area contributed by atoms with Crippen molar-refractivity contribution in [3.05, 3.63) is 11.2 Å². The van der Waals surface area contributed by atoms with Crippen molar-refractivity contribution in [1.82, 2.24) is 9.97 Å². The molecule has 0 fully saturated rings. The van der Waals surface area contributed by atoms with E-state index in [2.05, 4.69) is 9.97 Å². The molecular weight excluding hydrogens is 286 g/mol.